The lowest BCUT2D eigenvalue weighted by Crippen LogP contribution is -2.51. The van der Waals surface area contributed by atoms with Crippen molar-refractivity contribution in [2.75, 3.05) is 41.7 Å². The molecule has 34 heavy (non-hydrogen) atoms. The van der Waals surface area contributed by atoms with Crippen LogP contribution in [0.1, 0.15) is 22.5 Å². The van der Waals surface area contributed by atoms with Crippen molar-refractivity contribution >= 4 is 40.7 Å². The summed E-state index contributed by atoms with van der Waals surface area (Å²) in [5.74, 6) is 2.13. The third-order valence-corrected chi connectivity index (χ3v) is 5.92. The molecule has 2 N–H and O–H groups in total. The molecule has 0 unspecified atom stereocenters. The number of aryl methyl sites for hydroxylation is 4. The fraction of sp³-hybridized carbons (Fsp3) is 0.320. The Hall–Kier alpha value is -3.59. The summed E-state index contributed by atoms with van der Waals surface area (Å²) in [4.78, 5) is 22.7. The summed E-state index contributed by atoms with van der Waals surface area (Å²) in [6.07, 6.45) is 1.82. The van der Waals surface area contributed by atoms with Gasteiger partial charge in [-0.2, -0.15) is 4.99 Å². The van der Waals surface area contributed by atoms with Crippen LogP contribution in [0, 0.1) is 27.7 Å². The number of pyridine rings is 1. The third kappa shape index (κ3) is 6.05. The number of guanidine groups is 1. The Morgan fingerprint density at radius 3 is 2.26 bits per heavy atom. The van der Waals surface area contributed by atoms with Crippen LogP contribution in [0.5, 0.6) is 0 Å². The Bertz CT molecular complexity index is 1170. The first kappa shape index (κ1) is 23.6. The van der Waals surface area contributed by atoms with Gasteiger partial charge in [-0.25, -0.2) is 15.0 Å². The summed E-state index contributed by atoms with van der Waals surface area (Å²) < 4.78 is 0. The molecule has 0 spiro atoms. The van der Waals surface area contributed by atoms with E-state index >= 15 is 0 Å². The van der Waals surface area contributed by atoms with E-state index in [1.807, 2.05) is 50.4 Å². The SMILES string of the molecule is Cc1cc(C)nc(N/C(=N/C(=S)Nc2ccc(C)c(C)c2)N2CCN(c3ccccn3)CC2)n1. The van der Waals surface area contributed by atoms with E-state index in [4.69, 9.17) is 17.2 Å². The molecule has 8 nitrogen and oxygen atoms in total. The van der Waals surface area contributed by atoms with Gasteiger partial charge in [-0.15, -0.1) is 0 Å². The number of aromatic nitrogens is 3. The largest absolute Gasteiger partial charge is 0.353 e. The van der Waals surface area contributed by atoms with Gasteiger partial charge in [0.05, 0.1) is 0 Å². The maximum atomic E-state index is 5.60. The van der Waals surface area contributed by atoms with Gasteiger partial charge in [0.25, 0.3) is 0 Å². The van der Waals surface area contributed by atoms with Gasteiger partial charge < -0.3 is 15.1 Å². The van der Waals surface area contributed by atoms with Crippen molar-refractivity contribution in [3.63, 3.8) is 0 Å². The van der Waals surface area contributed by atoms with Crippen LogP contribution in [0.25, 0.3) is 0 Å². The topological polar surface area (TPSA) is 81.6 Å². The van der Waals surface area contributed by atoms with Crippen LogP contribution >= 0.6 is 12.2 Å². The maximum Gasteiger partial charge on any atom is 0.229 e. The smallest absolute Gasteiger partial charge is 0.229 e. The second-order valence-electron chi connectivity index (χ2n) is 8.43. The lowest BCUT2D eigenvalue weighted by atomic mass is 10.1. The van der Waals surface area contributed by atoms with Gasteiger partial charge in [0.2, 0.25) is 17.0 Å². The Labute approximate surface area is 206 Å². The van der Waals surface area contributed by atoms with Gasteiger partial charge in [0, 0.05) is 49.5 Å². The van der Waals surface area contributed by atoms with E-state index in [1.165, 1.54) is 11.1 Å². The van der Waals surface area contributed by atoms with Gasteiger partial charge in [0.15, 0.2) is 0 Å². The Balaban J connectivity index is 1.53. The summed E-state index contributed by atoms with van der Waals surface area (Å²) in [5, 5.41) is 6.93. The Morgan fingerprint density at radius 2 is 1.62 bits per heavy atom. The number of thiocarbonyl (C=S) groups is 1. The molecule has 1 aromatic carbocycles. The molecule has 0 amide bonds. The van der Waals surface area contributed by atoms with Gasteiger partial charge >= 0.3 is 0 Å². The molecular weight excluding hydrogens is 444 g/mol. The van der Waals surface area contributed by atoms with Gasteiger partial charge in [-0.1, -0.05) is 12.1 Å². The van der Waals surface area contributed by atoms with Crippen LogP contribution in [0.2, 0.25) is 0 Å². The third-order valence-electron chi connectivity index (χ3n) is 5.72. The van der Waals surface area contributed by atoms with E-state index in [0.29, 0.717) is 17.0 Å². The Morgan fingerprint density at radius 1 is 0.882 bits per heavy atom. The predicted molar refractivity (Wildman–Crippen MR) is 143 cm³/mol. The first-order valence-corrected chi connectivity index (χ1v) is 11.8. The highest BCUT2D eigenvalue weighted by Crippen LogP contribution is 2.16. The fourth-order valence-electron chi connectivity index (χ4n) is 3.81. The van der Waals surface area contributed by atoms with Gasteiger partial charge in [-0.05, 0) is 81.4 Å². The molecule has 2 aromatic heterocycles. The van der Waals surface area contributed by atoms with E-state index < -0.39 is 0 Å². The zero-order valence-corrected chi connectivity index (χ0v) is 20.9. The fourth-order valence-corrected chi connectivity index (χ4v) is 4.02. The summed E-state index contributed by atoms with van der Waals surface area (Å²) in [7, 11) is 0. The molecule has 9 heteroatoms. The van der Waals surface area contributed by atoms with Gasteiger partial charge in [-0.3, -0.25) is 5.32 Å². The second kappa shape index (κ2) is 10.6. The standard InChI is InChI=1S/C25H30N8S/c1-17-8-9-21(15-18(17)2)29-25(34)31-24(30-23-27-19(3)16-20(4)28-23)33-13-11-32(12-14-33)22-7-5-6-10-26-22/h5-10,15-16H,11-14H2,1-4H3,(H2,27,28,29,30,31,34). The number of rotatable bonds is 3. The minimum Gasteiger partial charge on any atom is -0.353 e. The predicted octanol–water partition coefficient (Wildman–Crippen LogP) is 4.09. The number of hydrogen-bond acceptors (Lipinski definition) is 5. The molecule has 0 radical (unpaired) electrons. The second-order valence-corrected chi connectivity index (χ2v) is 8.81. The molecule has 3 heterocycles. The molecule has 3 aromatic rings. The van der Waals surface area contributed by atoms with E-state index in [9.17, 15) is 0 Å². The quantitative estimate of drug-likeness (QED) is 0.334. The molecule has 1 saturated heterocycles. The molecule has 1 fully saturated rings. The molecule has 1 aliphatic rings. The number of benzene rings is 1. The van der Waals surface area contributed by atoms with Gasteiger partial charge in [0.1, 0.15) is 5.82 Å². The minimum atomic E-state index is 0.377. The molecule has 4 rings (SSSR count). The zero-order valence-electron chi connectivity index (χ0n) is 20.0. The maximum absolute atomic E-state index is 5.60. The normalized spacial score (nSPS) is 14.2. The number of piperazine rings is 1. The van der Waals surface area contributed by atoms with Crippen LogP contribution in [0.3, 0.4) is 0 Å². The summed E-state index contributed by atoms with van der Waals surface area (Å²) >= 11 is 5.60. The van der Waals surface area contributed by atoms with Crippen molar-refractivity contribution in [3.05, 3.63) is 71.2 Å². The molecule has 0 aliphatic carbocycles. The first-order chi connectivity index (χ1) is 16.4. The number of hydrogen-bond donors (Lipinski definition) is 2. The van der Waals surface area contributed by atoms with E-state index in [-0.39, 0.29) is 0 Å². The summed E-state index contributed by atoms with van der Waals surface area (Å²) in [6, 6.07) is 14.1. The molecular formula is C25H30N8S. The van der Waals surface area contributed by atoms with E-state index in [1.54, 1.807) is 0 Å². The summed E-state index contributed by atoms with van der Waals surface area (Å²) in [6.45, 7) is 11.2. The molecule has 0 saturated carbocycles. The van der Waals surface area contributed by atoms with Crippen molar-refractivity contribution in [1.82, 2.24) is 19.9 Å². The van der Waals surface area contributed by atoms with Crippen LogP contribution < -0.4 is 15.5 Å². The van der Waals surface area contributed by atoms with E-state index in [2.05, 4.69) is 61.4 Å². The lowest BCUT2D eigenvalue weighted by molar-refractivity contribution is 0.384. The average Bonchev–Trinajstić information content (AvgIpc) is 2.81. The molecule has 0 atom stereocenters. The van der Waals surface area contributed by atoms with Crippen molar-refractivity contribution in [3.8, 4) is 0 Å². The molecule has 1 aliphatic heterocycles. The first-order valence-electron chi connectivity index (χ1n) is 11.3. The van der Waals surface area contributed by atoms with Crippen molar-refractivity contribution in [2.45, 2.75) is 27.7 Å². The lowest BCUT2D eigenvalue weighted by Gasteiger charge is -2.36. The average molecular weight is 475 g/mol. The number of nitrogens with zero attached hydrogens (tertiary/aromatic N) is 6. The summed E-state index contributed by atoms with van der Waals surface area (Å²) in [5.41, 5.74) is 5.14. The zero-order chi connectivity index (χ0) is 24.1. The molecule has 0 bridgehead atoms. The Kier molecular flexibility index (Phi) is 7.32. The highest BCUT2D eigenvalue weighted by molar-refractivity contribution is 7.80. The van der Waals surface area contributed by atoms with E-state index in [0.717, 1.165) is 49.1 Å². The molecule has 176 valence electrons. The van der Waals surface area contributed by atoms with Crippen LogP contribution in [-0.2, 0) is 0 Å². The number of anilines is 3. The van der Waals surface area contributed by atoms with Crippen LogP contribution in [0.15, 0.2) is 53.7 Å². The van der Waals surface area contributed by atoms with Crippen LogP contribution in [-0.4, -0.2) is 57.1 Å². The van der Waals surface area contributed by atoms with Crippen molar-refractivity contribution < 1.29 is 0 Å². The minimum absolute atomic E-state index is 0.377. The monoisotopic (exact) mass is 474 g/mol. The highest BCUT2D eigenvalue weighted by atomic mass is 32.1. The highest BCUT2D eigenvalue weighted by Gasteiger charge is 2.22. The number of aliphatic imine (C=N–C) groups is 1. The number of nitrogens with one attached hydrogen (secondary N) is 2. The van der Waals surface area contributed by atoms with Crippen LogP contribution in [0.4, 0.5) is 17.5 Å². The van der Waals surface area contributed by atoms with Crippen molar-refractivity contribution in [1.29, 1.82) is 0 Å². The van der Waals surface area contributed by atoms with Crippen molar-refractivity contribution in [2.24, 2.45) is 4.99 Å².